The molecule has 0 amide bonds. The zero-order valence-electron chi connectivity index (χ0n) is 17.3. The number of halogens is 1. The van der Waals surface area contributed by atoms with Crippen LogP contribution >= 0.6 is 22.9 Å². The molecule has 0 spiro atoms. The number of ether oxygens (including phenoxy) is 1. The Morgan fingerprint density at radius 3 is 2.69 bits per heavy atom. The average Bonchev–Trinajstić information content (AvgIpc) is 3.47. The molecule has 0 saturated heterocycles. The number of Topliss-reactive ketones (excluding diaryl/α,β-unsaturated/α-hetero) is 1. The first-order valence-electron chi connectivity index (χ1n) is 10.1. The summed E-state index contributed by atoms with van der Waals surface area (Å²) < 4.78 is 5.38. The Morgan fingerprint density at radius 2 is 1.97 bits per heavy atom. The molecule has 4 rings (SSSR count). The molecule has 0 saturated carbocycles. The molecule has 1 N–H and O–H groups in total. The second-order valence-corrected chi connectivity index (χ2v) is 9.02. The summed E-state index contributed by atoms with van der Waals surface area (Å²) in [5.74, 6) is -0.302. The van der Waals surface area contributed by atoms with E-state index in [1.165, 1.54) is 18.4 Å². The van der Waals surface area contributed by atoms with Crippen molar-refractivity contribution in [2.45, 2.75) is 25.4 Å². The Morgan fingerprint density at radius 1 is 1.16 bits per heavy atom. The number of nitrogens with zero attached hydrogens (tertiary/aromatic N) is 1. The molecule has 164 valence electrons. The van der Waals surface area contributed by atoms with Crippen molar-refractivity contribution in [2.24, 2.45) is 5.16 Å². The van der Waals surface area contributed by atoms with Crippen molar-refractivity contribution in [1.82, 2.24) is 0 Å². The zero-order valence-corrected chi connectivity index (χ0v) is 18.9. The summed E-state index contributed by atoms with van der Waals surface area (Å²) in [6.07, 6.45) is 1.56. The van der Waals surface area contributed by atoms with E-state index in [0.29, 0.717) is 34.0 Å². The quantitative estimate of drug-likeness (QED) is 0.320. The molecule has 6 nitrogen and oxygen atoms in total. The lowest BCUT2D eigenvalue weighted by molar-refractivity contribution is 0.0600. The van der Waals surface area contributed by atoms with Gasteiger partial charge in [0.05, 0.1) is 27.6 Å². The highest BCUT2D eigenvalue weighted by molar-refractivity contribution is 7.18. The van der Waals surface area contributed by atoms with E-state index >= 15 is 0 Å². The van der Waals surface area contributed by atoms with E-state index < -0.39 is 0 Å². The molecular formula is C24H21ClN2O4S. The Bertz CT molecular complexity index is 1160. The third-order valence-electron chi connectivity index (χ3n) is 5.06. The lowest BCUT2D eigenvalue weighted by Crippen LogP contribution is -2.11. The van der Waals surface area contributed by atoms with Gasteiger partial charge in [-0.25, -0.2) is 4.79 Å². The molecule has 2 heterocycles. The van der Waals surface area contributed by atoms with Crippen molar-refractivity contribution in [2.75, 3.05) is 12.4 Å². The largest absolute Gasteiger partial charge is 0.465 e. The Hall–Kier alpha value is -3.16. The van der Waals surface area contributed by atoms with E-state index in [4.69, 9.17) is 21.2 Å². The molecule has 1 unspecified atom stereocenters. The monoisotopic (exact) mass is 468 g/mol. The third kappa shape index (κ3) is 5.36. The van der Waals surface area contributed by atoms with Gasteiger partial charge in [0.2, 0.25) is 0 Å². The van der Waals surface area contributed by atoms with Crippen LogP contribution in [0.5, 0.6) is 0 Å². The number of hydrogen-bond acceptors (Lipinski definition) is 7. The highest BCUT2D eigenvalue weighted by Crippen LogP contribution is 2.26. The number of rotatable bonds is 8. The number of nitrogens with one attached hydrogen (secondary N) is 1. The summed E-state index contributed by atoms with van der Waals surface area (Å²) in [5.41, 5.74) is 3.99. The number of ketones is 1. The Labute approximate surface area is 194 Å². The van der Waals surface area contributed by atoms with E-state index in [1.54, 1.807) is 30.3 Å². The van der Waals surface area contributed by atoms with E-state index in [1.807, 2.05) is 30.3 Å². The van der Waals surface area contributed by atoms with Crippen LogP contribution in [0.15, 0.2) is 65.8 Å². The van der Waals surface area contributed by atoms with Crippen LogP contribution in [0.25, 0.3) is 0 Å². The number of thiophene rings is 1. The summed E-state index contributed by atoms with van der Waals surface area (Å²) in [4.78, 5) is 30.2. The SMILES string of the molecule is COC(=O)c1cccc(Nc2ccc(C3=NOC(CCC(=O)c4ccc(Cl)s4)C3)cc2)c1. The highest BCUT2D eigenvalue weighted by atomic mass is 35.5. The molecule has 2 aromatic carbocycles. The number of carbonyl (C=O) groups excluding carboxylic acids is 2. The average molecular weight is 469 g/mol. The van der Waals surface area contributed by atoms with E-state index in [-0.39, 0.29) is 17.9 Å². The van der Waals surface area contributed by atoms with Gasteiger partial charge in [-0.2, -0.15) is 0 Å². The molecule has 1 aliphatic rings. The van der Waals surface area contributed by atoms with Gasteiger partial charge in [0, 0.05) is 24.2 Å². The van der Waals surface area contributed by atoms with E-state index in [0.717, 1.165) is 22.6 Å². The van der Waals surface area contributed by atoms with Gasteiger partial charge in [-0.05, 0) is 54.4 Å². The van der Waals surface area contributed by atoms with Crippen molar-refractivity contribution in [3.63, 3.8) is 0 Å². The number of esters is 1. The highest BCUT2D eigenvalue weighted by Gasteiger charge is 2.23. The predicted octanol–water partition coefficient (Wildman–Crippen LogP) is 6.09. The van der Waals surface area contributed by atoms with Gasteiger partial charge >= 0.3 is 5.97 Å². The minimum atomic E-state index is -0.376. The standard InChI is InChI=1S/C24H21ClN2O4S/c1-30-24(29)16-3-2-4-18(13-16)26-17-7-5-15(6-8-17)20-14-19(31-27-20)9-10-21(28)22-11-12-23(25)32-22/h2-8,11-13,19,26H,9-10,14H2,1H3. The number of benzene rings is 2. The Kier molecular flexibility index (Phi) is 6.87. The molecule has 1 aliphatic heterocycles. The lowest BCUT2D eigenvalue weighted by Gasteiger charge is -2.09. The summed E-state index contributed by atoms with van der Waals surface area (Å²) in [6, 6.07) is 18.4. The van der Waals surface area contributed by atoms with Crippen molar-refractivity contribution in [1.29, 1.82) is 0 Å². The van der Waals surface area contributed by atoms with Crippen molar-refractivity contribution in [3.8, 4) is 0 Å². The fraction of sp³-hybridized carbons (Fsp3) is 0.208. The van der Waals surface area contributed by atoms with E-state index in [2.05, 4.69) is 10.5 Å². The van der Waals surface area contributed by atoms with Gasteiger partial charge in [0.1, 0.15) is 6.10 Å². The summed E-state index contributed by atoms with van der Waals surface area (Å²) in [5, 5.41) is 7.49. The molecule has 1 aromatic heterocycles. The fourth-order valence-electron chi connectivity index (χ4n) is 3.39. The minimum Gasteiger partial charge on any atom is -0.465 e. The topological polar surface area (TPSA) is 77.0 Å². The van der Waals surface area contributed by atoms with Gasteiger partial charge < -0.3 is 14.9 Å². The molecule has 0 bridgehead atoms. The number of oxime groups is 1. The number of carbonyl (C=O) groups is 2. The summed E-state index contributed by atoms with van der Waals surface area (Å²) in [7, 11) is 1.36. The van der Waals surface area contributed by atoms with Crippen LogP contribution in [-0.4, -0.2) is 30.7 Å². The molecule has 8 heteroatoms. The lowest BCUT2D eigenvalue weighted by atomic mass is 10.0. The first kappa shape index (κ1) is 22.0. The molecule has 0 fully saturated rings. The van der Waals surface area contributed by atoms with Crippen LogP contribution in [0.4, 0.5) is 11.4 Å². The van der Waals surface area contributed by atoms with E-state index in [9.17, 15) is 9.59 Å². The smallest absolute Gasteiger partial charge is 0.337 e. The van der Waals surface area contributed by atoms with Gasteiger partial charge in [-0.3, -0.25) is 4.79 Å². The van der Waals surface area contributed by atoms with Gasteiger partial charge in [-0.15, -0.1) is 11.3 Å². The third-order valence-corrected chi connectivity index (χ3v) is 6.34. The number of methoxy groups -OCH3 is 1. The molecule has 0 radical (unpaired) electrons. The normalized spacial score (nSPS) is 15.1. The summed E-state index contributed by atoms with van der Waals surface area (Å²) in [6.45, 7) is 0. The molecule has 32 heavy (non-hydrogen) atoms. The first-order valence-corrected chi connectivity index (χ1v) is 11.3. The molecular weight excluding hydrogens is 448 g/mol. The second-order valence-electron chi connectivity index (χ2n) is 7.31. The minimum absolute atomic E-state index is 0.0747. The maximum atomic E-state index is 12.3. The van der Waals surface area contributed by atoms with Crippen molar-refractivity contribution >= 4 is 51.8 Å². The van der Waals surface area contributed by atoms with Gasteiger partial charge in [-0.1, -0.05) is 35.0 Å². The molecule has 1 atom stereocenters. The zero-order chi connectivity index (χ0) is 22.5. The predicted molar refractivity (Wildman–Crippen MR) is 126 cm³/mol. The first-order chi connectivity index (χ1) is 15.5. The van der Waals surface area contributed by atoms with Crippen LogP contribution in [0.2, 0.25) is 4.34 Å². The molecule has 3 aromatic rings. The van der Waals surface area contributed by atoms with Gasteiger partial charge in [0.25, 0.3) is 0 Å². The van der Waals surface area contributed by atoms with Crippen molar-refractivity contribution in [3.05, 3.63) is 81.0 Å². The van der Waals surface area contributed by atoms with Crippen LogP contribution in [-0.2, 0) is 9.57 Å². The summed E-state index contributed by atoms with van der Waals surface area (Å²) >= 11 is 7.20. The van der Waals surface area contributed by atoms with Crippen molar-refractivity contribution < 1.29 is 19.2 Å². The maximum Gasteiger partial charge on any atom is 0.337 e. The van der Waals surface area contributed by atoms with Crippen LogP contribution in [0.1, 0.15) is 44.9 Å². The van der Waals surface area contributed by atoms with Crippen LogP contribution in [0.3, 0.4) is 0 Å². The van der Waals surface area contributed by atoms with Crippen LogP contribution < -0.4 is 5.32 Å². The Balaban J connectivity index is 1.31. The van der Waals surface area contributed by atoms with Crippen LogP contribution in [0, 0.1) is 0 Å². The second kappa shape index (κ2) is 9.97. The molecule has 0 aliphatic carbocycles. The maximum absolute atomic E-state index is 12.3. The number of anilines is 2. The fourth-order valence-corrected chi connectivity index (χ4v) is 4.40. The van der Waals surface area contributed by atoms with Gasteiger partial charge in [0.15, 0.2) is 5.78 Å². The number of hydrogen-bond donors (Lipinski definition) is 1.